The Labute approximate surface area is 310 Å². The van der Waals surface area contributed by atoms with Gasteiger partial charge in [0.25, 0.3) is 0 Å². The van der Waals surface area contributed by atoms with Gasteiger partial charge in [0, 0.05) is 39.3 Å². The van der Waals surface area contributed by atoms with E-state index in [9.17, 15) is 19.2 Å². The number of likely N-dealkylation sites (N-methyl/N-ethyl adjacent to an activating group) is 1. The maximum Gasteiger partial charge on any atom is 0.245 e. The Balaban J connectivity index is 1.24. The molecule has 1 aliphatic carbocycles. The van der Waals surface area contributed by atoms with Crippen molar-refractivity contribution >= 4 is 23.6 Å². The second-order valence-electron chi connectivity index (χ2n) is 15.0. The molecule has 11 nitrogen and oxygen atoms in total. The van der Waals surface area contributed by atoms with Gasteiger partial charge < -0.3 is 31.5 Å². The lowest BCUT2D eigenvalue weighted by molar-refractivity contribution is -0.144. The van der Waals surface area contributed by atoms with E-state index in [1.165, 1.54) is 12.0 Å². The average Bonchev–Trinajstić information content (AvgIpc) is 3.68. The third-order valence-electron chi connectivity index (χ3n) is 11.2. The molecule has 0 spiro atoms. The minimum atomic E-state index is -0.772. The predicted octanol–water partition coefficient (Wildman–Crippen LogP) is 3.22. The Morgan fingerprint density at radius 1 is 0.731 bits per heavy atom. The van der Waals surface area contributed by atoms with Gasteiger partial charge in [-0.3, -0.25) is 24.1 Å². The molecule has 4 atom stereocenters. The molecule has 11 heteroatoms. The number of hydrogen-bond acceptors (Lipinski definition) is 7. The number of nitrogens with one attached hydrogen (secondary N) is 3. The first-order valence-corrected chi connectivity index (χ1v) is 19.7. The molecule has 5 N–H and O–H groups in total. The maximum atomic E-state index is 14.2. The number of rotatable bonds is 17. The summed E-state index contributed by atoms with van der Waals surface area (Å²) >= 11 is 0. The average molecular weight is 716 g/mol. The molecule has 3 aliphatic rings. The van der Waals surface area contributed by atoms with Crippen LogP contribution in [0.2, 0.25) is 0 Å². The Morgan fingerprint density at radius 3 is 2.06 bits per heavy atom. The molecule has 0 radical (unpaired) electrons. The first-order chi connectivity index (χ1) is 25.4. The molecule has 5 rings (SSSR count). The smallest absolute Gasteiger partial charge is 0.245 e. The number of nitrogens with two attached hydrogens (primary N) is 1. The van der Waals surface area contributed by atoms with Crippen molar-refractivity contribution in [1.29, 1.82) is 0 Å². The number of unbranched alkanes of at least 4 members (excludes halogenated alkanes) is 1. The molecular formula is C41H61N7O4. The van der Waals surface area contributed by atoms with Crippen LogP contribution in [0.4, 0.5) is 0 Å². The largest absolute Gasteiger partial charge is 0.343 e. The van der Waals surface area contributed by atoms with Crippen LogP contribution in [0.5, 0.6) is 0 Å². The molecule has 284 valence electrons. The van der Waals surface area contributed by atoms with Gasteiger partial charge in [0.1, 0.15) is 18.1 Å². The number of hydrogen-bond donors (Lipinski definition) is 4. The molecule has 2 aromatic carbocycles. The minimum Gasteiger partial charge on any atom is -0.343 e. The van der Waals surface area contributed by atoms with Crippen LogP contribution in [0.15, 0.2) is 60.7 Å². The van der Waals surface area contributed by atoms with Crippen LogP contribution in [0.25, 0.3) is 0 Å². The predicted molar refractivity (Wildman–Crippen MR) is 204 cm³/mol. The fourth-order valence-electron chi connectivity index (χ4n) is 8.14. The lowest BCUT2D eigenvalue weighted by Crippen LogP contribution is -2.59. The third-order valence-corrected chi connectivity index (χ3v) is 11.2. The molecule has 3 fully saturated rings. The minimum absolute atomic E-state index is 0.0161. The third kappa shape index (κ3) is 11.3. The molecule has 52 heavy (non-hydrogen) atoms. The summed E-state index contributed by atoms with van der Waals surface area (Å²) in [6, 6.07) is 17.6. The van der Waals surface area contributed by atoms with Crippen LogP contribution in [-0.2, 0) is 32.1 Å². The molecule has 2 aliphatic heterocycles. The van der Waals surface area contributed by atoms with Gasteiger partial charge in [-0.05, 0) is 75.6 Å². The Hall–Kier alpha value is -3.80. The zero-order valence-electron chi connectivity index (χ0n) is 31.1. The Morgan fingerprint density at radius 2 is 1.40 bits per heavy atom. The van der Waals surface area contributed by atoms with Gasteiger partial charge in [-0.15, -0.1) is 0 Å². The van der Waals surface area contributed by atoms with E-state index in [4.69, 9.17) is 5.73 Å². The normalized spacial score (nSPS) is 20.2. The van der Waals surface area contributed by atoms with E-state index in [2.05, 4.69) is 45.1 Å². The Bertz CT molecular complexity index is 1410. The van der Waals surface area contributed by atoms with Crippen LogP contribution < -0.4 is 21.7 Å². The maximum absolute atomic E-state index is 14.2. The van der Waals surface area contributed by atoms with E-state index in [0.717, 1.165) is 57.3 Å². The highest BCUT2D eigenvalue weighted by atomic mass is 16.2. The number of nitrogens with zero attached hydrogens (tertiary/aromatic N) is 3. The van der Waals surface area contributed by atoms with Crippen molar-refractivity contribution in [3.63, 3.8) is 0 Å². The van der Waals surface area contributed by atoms with Crippen LogP contribution in [0.1, 0.15) is 81.8 Å². The van der Waals surface area contributed by atoms with Crippen LogP contribution in [0.3, 0.4) is 0 Å². The fourth-order valence-corrected chi connectivity index (χ4v) is 8.14. The van der Waals surface area contributed by atoms with Crippen molar-refractivity contribution in [3.05, 3.63) is 71.8 Å². The summed E-state index contributed by atoms with van der Waals surface area (Å²) in [7, 11) is 1.74. The number of carbonyl (C=O) groups is 4. The number of carbonyl (C=O) groups excluding carboxylic acids is 4. The van der Waals surface area contributed by atoms with Crippen molar-refractivity contribution in [3.8, 4) is 0 Å². The van der Waals surface area contributed by atoms with Gasteiger partial charge in [0.2, 0.25) is 23.6 Å². The summed E-state index contributed by atoms with van der Waals surface area (Å²) in [5, 5.41) is 9.31. The molecule has 4 amide bonds. The number of benzene rings is 2. The lowest BCUT2D eigenvalue weighted by Gasteiger charge is -2.38. The van der Waals surface area contributed by atoms with Gasteiger partial charge in [0.15, 0.2) is 0 Å². The summed E-state index contributed by atoms with van der Waals surface area (Å²) in [6.45, 7) is 4.60. The van der Waals surface area contributed by atoms with Crippen LogP contribution in [-0.4, -0.2) is 109 Å². The quantitative estimate of drug-likeness (QED) is 0.185. The van der Waals surface area contributed by atoms with Crippen molar-refractivity contribution in [2.45, 2.75) is 108 Å². The first-order valence-electron chi connectivity index (χ1n) is 19.7. The van der Waals surface area contributed by atoms with Crippen molar-refractivity contribution < 1.29 is 19.2 Å². The van der Waals surface area contributed by atoms with Crippen molar-refractivity contribution in [1.82, 2.24) is 30.7 Å². The van der Waals surface area contributed by atoms with E-state index in [1.54, 1.807) is 11.9 Å². The van der Waals surface area contributed by atoms with E-state index >= 15 is 0 Å². The van der Waals surface area contributed by atoms with Gasteiger partial charge in [0.05, 0.1) is 6.04 Å². The summed E-state index contributed by atoms with van der Waals surface area (Å²) in [4.78, 5) is 61.9. The lowest BCUT2D eigenvalue weighted by atomic mass is 9.84. The highest BCUT2D eigenvalue weighted by Gasteiger charge is 2.40. The molecule has 2 heterocycles. The molecule has 2 saturated heterocycles. The first kappa shape index (κ1) is 39.4. The second kappa shape index (κ2) is 20.4. The van der Waals surface area contributed by atoms with Gasteiger partial charge in [-0.25, -0.2) is 0 Å². The van der Waals surface area contributed by atoms with Crippen molar-refractivity contribution in [2.24, 2.45) is 11.7 Å². The molecule has 0 aromatic heterocycles. The van der Waals surface area contributed by atoms with Crippen LogP contribution in [0, 0.1) is 5.92 Å². The van der Waals surface area contributed by atoms with E-state index in [-0.39, 0.29) is 23.6 Å². The van der Waals surface area contributed by atoms with Crippen molar-refractivity contribution in [2.75, 3.05) is 46.3 Å². The van der Waals surface area contributed by atoms with Gasteiger partial charge in [-0.2, -0.15) is 0 Å². The van der Waals surface area contributed by atoms with Gasteiger partial charge in [-0.1, -0.05) is 92.8 Å². The molecule has 0 unspecified atom stereocenters. The zero-order valence-corrected chi connectivity index (χ0v) is 31.1. The molecule has 0 bridgehead atoms. The summed E-state index contributed by atoms with van der Waals surface area (Å²) in [5.74, 6) is -0.395. The topological polar surface area (TPSA) is 140 Å². The Kier molecular flexibility index (Phi) is 15.5. The number of likely N-dealkylation sites (tertiary alicyclic amines) is 1. The van der Waals surface area contributed by atoms with Gasteiger partial charge >= 0.3 is 0 Å². The molecule has 1 saturated carbocycles. The highest BCUT2D eigenvalue weighted by Crippen LogP contribution is 2.29. The fraction of sp³-hybridized carbons (Fsp3) is 0.610. The molecule has 2 aromatic rings. The number of amides is 4. The van der Waals surface area contributed by atoms with E-state index in [1.807, 2.05) is 41.3 Å². The number of piperazine rings is 1. The SMILES string of the molecule is CN[C@@H](Cc1ccccc1)C(=O)N[C@@H](CCCCN)C(=O)N1CCC[C@H]1C(=O)N[C@H](CC1CCCCC1)C(=O)N1CCN(Cc2ccccc2)CC1. The summed E-state index contributed by atoms with van der Waals surface area (Å²) < 4.78 is 0. The molecular weight excluding hydrogens is 654 g/mol. The zero-order chi connectivity index (χ0) is 36.7. The van der Waals surface area contributed by atoms with Crippen LogP contribution >= 0.6 is 0 Å². The summed E-state index contributed by atoms with van der Waals surface area (Å²) in [6.07, 6.45) is 9.83. The second-order valence-corrected chi connectivity index (χ2v) is 15.0. The standard InChI is InChI=1S/C41H61N7O4/c1-43-35(28-31-14-5-2-6-15-31)38(49)44-34(20-11-12-22-42)41(52)48-23-13-21-37(48)39(50)45-36(29-32-16-7-3-8-17-32)40(51)47-26-24-46(25-27-47)30-33-18-9-4-10-19-33/h2,4-6,9-10,14-15,18-19,32,34-37,43H,3,7-8,11-13,16-17,20-30,42H2,1H3,(H,44,49)(H,45,50)/t34-,35-,36+,37-/m0/s1. The highest BCUT2D eigenvalue weighted by molar-refractivity contribution is 5.95. The summed E-state index contributed by atoms with van der Waals surface area (Å²) in [5.41, 5.74) is 8.06. The van der Waals surface area contributed by atoms with E-state index in [0.29, 0.717) is 70.6 Å². The monoisotopic (exact) mass is 715 g/mol. The van der Waals surface area contributed by atoms with E-state index < -0.39 is 24.2 Å².